The third-order valence-electron chi connectivity index (χ3n) is 2.60. The minimum Gasteiger partial charge on any atom is -0.443 e. The molecule has 104 valence electrons. The van der Waals surface area contributed by atoms with Gasteiger partial charge in [0.05, 0.1) is 6.20 Å². The van der Waals surface area contributed by atoms with Crippen LogP contribution >= 0.6 is 15.9 Å². The Balaban J connectivity index is 2.36. The van der Waals surface area contributed by atoms with Crippen LogP contribution < -0.4 is 10.5 Å². The first-order valence-electron chi connectivity index (χ1n) is 6.05. The molecule has 0 spiro atoms. The number of amides is 1. The van der Waals surface area contributed by atoms with Gasteiger partial charge in [0.1, 0.15) is 10.1 Å². The highest BCUT2D eigenvalue weighted by atomic mass is 79.9. The molecular formula is C12H16BrN3O3. The number of fused-ring (bicyclic) bond motifs is 1. The molecule has 2 heterocycles. The number of hydrogen-bond donors (Lipinski definition) is 0. The summed E-state index contributed by atoms with van der Waals surface area (Å²) in [5.74, 6) is 0.341. The normalized spacial score (nSPS) is 15.1. The van der Waals surface area contributed by atoms with Crippen molar-refractivity contribution in [2.75, 3.05) is 11.4 Å². The molecule has 6 nitrogen and oxygen atoms in total. The number of anilines is 1. The highest BCUT2D eigenvalue weighted by Crippen LogP contribution is 2.20. The second kappa shape index (κ2) is 4.96. The van der Waals surface area contributed by atoms with E-state index in [1.807, 2.05) is 0 Å². The van der Waals surface area contributed by atoms with Crippen molar-refractivity contribution >= 4 is 28.0 Å². The molecule has 0 bridgehead atoms. The molecule has 0 saturated heterocycles. The van der Waals surface area contributed by atoms with Crippen molar-refractivity contribution < 1.29 is 9.53 Å². The van der Waals surface area contributed by atoms with Crippen LogP contribution in [0.1, 0.15) is 27.2 Å². The molecule has 0 atom stereocenters. The number of ether oxygens (including phenoxy) is 1. The van der Waals surface area contributed by atoms with E-state index in [9.17, 15) is 9.59 Å². The summed E-state index contributed by atoms with van der Waals surface area (Å²) in [6.45, 7) is 6.47. The maximum Gasteiger partial charge on any atom is 0.417 e. The van der Waals surface area contributed by atoms with Crippen molar-refractivity contribution in [3.05, 3.63) is 21.0 Å². The number of carbonyl (C=O) groups is 1. The van der Waals surface area contributed by atoms with Gasteiger partial charge < -0.3 is 4.74 Å². The number of hydrogen-bond acceptors (Lipinski definition) is 4. The Labute approximate surface area is 119 Å². The standard InChI is InChI=1S/C12H16BrN3O3/c1-12(2,3)19-11(18)16-6-4-5-15-9(17)8(13)7-14-10(15)16/h7H,4-6H2,1-3H3. The Hall–Kier alpha value is -1.37. The Kier molecular flexibility index (Phi) is 3.66. The highest BCUT2D eigenvalue weighted by Gasteiger charge is 2.29. The summed E-state index contributed by atoms with van der Waals surface area (Å²) in [6.07, 6.45) is 1.64. The van der Waals surface area contributed by atoms with E-state index >= 15 is 0 Å². The lowest BCUT2D eigenvalue weighted by Gasteiger charge is -2.31. The summed E-state index contributed by atoms with van der Waals surface area (Å²) < 4.78 is 7.20. The van der Waals surface area contributed by atoms with Gasteiger partial charge in [0.2, 0.25) is 5.95 Å². The molecule has 1 aromatic heterocycles. The first-order chi connectivity index (χ1) is 8.79. The lowest BCUT2D eigenvalue weighted by atomic mass is 10.2. The minimum atomic E-state index is -0.574. The van der Waals surface area contributed by atoms with Crippen LogP contribution in [-0.2, 0) is 11.3 Å². The fraction of sp³-hybridized carbons (Fsp3) is 0.583. The van der Waals surface area contributed by atoms with E-state index in [0.717, 1.165) is 0 Å². The molecule has 19 heavy (non-hydrogen) atoms. The van der Waals surface area contributed by atoms with Crippen LogP contribution in [0.25, 0.3) is 0 Å². The Bertz CT molecular complexity index is 562. The van der Waals surface area contributed by atoms with Gasteiger partial charge in [-0.2, -0.15) is 0 Å². The summed E-state index contributed by atoms with van der Waals surface area (Å²) >= 11 is 3.15. The first kappa shape index (κ1) is 14.0. The zero-order chi connectivity index (χ0) is 14.2. The summed E-state index contributed by atoms with van der Waals surface area (Å²) in [5.41, 5.74) is -0.757. The van der Waals surface area contributed by atoms with Gasteiger partial charge in [-0.1, -0.05) is 0 Å². The lowest BCUT2D eigenvalue weighted by Crippen LogP contribution is -2.44. The van der Waals surface area contributed by atoms with E-state index in [2.05, 4.69) is 20.9 Å². The summed E-state index contributed by atoms with van der Waals surface area (Å²) in [7, 11) is 0. The molecule has 0 radical (unpaired) electrons. The summed E-state index contributed by atoms with van der Waals surface area (Å²) in [5, 5.41) is 0. The predicted octanol–water partition coefficient (Wildman–Crippen LogP) is 2.15. The second-order valence-corrected chi connectivity index (χ2v) is 6.20. The summed E-state index contributed by atoms with van der Waals surface area (Å²) in [6, 6.07) is 0. The van der Waals surface area contributed by atoms with Crippen molar-refractivity contribution in [3.63, 3.8) is 0 Å². The van der Waals surface area contributed by atoms with Crippen LogP contribution in [0.4, 0.5) is 10.7 Å². The molecule has 2 rings (SSSR count). The average Bonchev–Trinajstić information content (AvgIpc) is 2.31. The van der Waals surface area contributed by atoms with Crippen molar-refractivity contribution in [2.45, 2.75) is 39.3 Å². The van der Waals surface area contributed by atoms with Crippen molar-refractivity contribution in [1.29, 1.82) is 0 Å². The van der Waals surface area contributed by atoms with Crippen LogP contribution in [0.5, 0.6) is 0 Å². The smallest absolute Gasteiger partial charge is 0.417 e. The fourth-order valence-electron chi connectivity index (χ4n) is 1.85. The van der Waals surface area contributed by atoms with Crippen LogP contribution in [0.15, 0.2) is 15.5 Å². The zero-order valence-electron chi connectivity index (χ0n) is 11.1. The molecule has 0 unspecified atom stereocenters. The average molecular weight is 330 g/mol. The maximum absolute atomic E-state index is 12.1. The quantitative estimate of drug-likeness (QED) is 0.731. The van der Waals surface area contributed by atoms with Gasteiger partial charge in [-0.25, -0.2) is 14.7 Å². The first-order valence-corrected chi connectivity index (χ1v) is 6.85. The molecular weight excluding hydrogens is 314 g/mol. The van der Waals surface area contributed by atoms with Crippen LogP contribution in [0, 0.1) is 0 Å². The molecule has 1 aromatic rings. The van der Waals surface area contributed by atoms with Gasteiger partial charge in [-0.15, -0.1) is 0 Å². The highest BCUT2D eigenvalue weighted by molar-refractivity contribution is 9.10. The molecule has 0 aliphatic carbocycles. The maximum atomic E-state index is 12.1. The molecule has 0 aromatic carbocycles. The largest absolute Gasteiger partial charge is 0.443 e. The van der Waals surface area contributed by atoms with Crippen LogP contribution in [0.3, 0.4) is 0 Å². The Morgan fingerprint density at radius 2 is 2.11 bits per heavy atom. The van der Waals surface area contributed by atoms with E-state index in [-0.39, 0.29) is 5.56 Å². The SMILES string of the molecule is CC(C)(C)OC(=O)N1CCCn2c1ncc(Br)c2=O. The predicted molar refractivity (Wildman–Crippen MR) is 74.4 cm³/mol. The van der Waals surface area contributed by atoms with Gasteiger partial charge >= 0.3 is 6.09 Å². The number of carbonyl (C=O) groups excluding carboxylic acids is 1. The Morgan fingerprint density at radius 3 is 2.74 bits per heavy atom. The summed E-state index contributed by atoms with van der Waals surface area (Å²) in [4.78, 5) is 29.6. The van der Waals surface area contributed by atoms with E-state index in [0.29, 0.717) is 29.9 Å². The number of aromatic nitrogens is 2. The minimum absolute atomic E-state index is 0.182. The number of halogens is 1. The van der Waals surface area contributed by atoms with E-state index < -0.39 is 11.7 Å². The molecule has 0 fully saturated rings. The molecule has 1 aliphatic rings. The van der Waals surface area contributed by atoms with Gasteiger partial charge in [0.15, 0.2) is 0 Å². The molecule has 7 heteroatoms. The second-order valence-electron chi connectivity index (χ2n) is 5.35. The van der Waals surface area contributed by atoms with Crippen LogP contribution in [-0.4, -0.2) is 27.8 Å². The van der Waals surface area contributed by atoms with Crippen molar-refractivity contribution in [3.8, 4) is 0 Å². The fourth-order valence-corrected chi connectivity index (χ4v) is 2.17. The third kappa shape index (κ3) is 2.97. The number of rotatable bonds is 0. The zero-order valence-corrected chi connectivity index (χ0v) is 12.7. The van der Waals surface area contributed by atoms with E-state index in [1.165, 1.54) is 15.7 Å². The third-order valence-corrected chi connectivity index (χ3v) is 3.15. The molecule has 0 N–H and O–H groups in total. The number of nitrogens with zero attached hydrogens (tertiary/aromatic N) is 3. The topological polar surface area (TPSA) is 64.4 Å². The molecule has 1 aliphatic heterocycles. The van der Waals surface area contributed by atoms with Gasteiger partial charge in [0.25, 0.3) is 5.56 Å². The van der Waals surface area contributed by atoms with E-state index in [4.69, 9.17) is 4.74 Å². The van der Waals surface area contributed by atoms with Crippen LogP contribution in [0.2, 0.25) is 0 Å². The van der Waals surface area contributed by atoms with Gasteiger partial charge in [0, 0.05) is 13.1 Å². The van der Waals surface area contributed by atoms with Gasteiger partial charge in [-0.05, 0) is 43.1 Å². The van der Waals surface area contributed by atoms with Crippen molar-refractivity contribution in [2.24, 2.45) is 0 Å². The van der Waals surface area contributed by atoms with Gasteiger partial charge in [-0.3, -0.25) is 9.36 Å². The van der Waals surface area contributed by atoms with Crippen molar-refractivity contribution in [1.82, 2.24) is 9.55 Å². The molecule has 0 saturated carbocycles. The lowest BCUT2D eigenvalue weighted by molar-refractivity contribution is 0.0571. The molecule has 1 amide bonds. The Morgan fingerprint density at radius 1 is 1.42 bits per heavy atom. The monoisotopic (exact) mass is 329 g/mol. The van der Waals surface area contributed by atoms with E-state index in [1.54, 1.807) is 20.8 Å².